The molecular formula is C14H21N3O2S. The molecule has 0 aliphatic heterocycles. The molecule has 5 nitrogen and oxygen atoms in total. The Bertz CT molecular complexity index is 505. The van der Waals surface area contributed by atoms with E-state index in [1.54, 1.807) is 14.2 Å². The molecule has 0 radical (unpaired) electrons. The lowest BCUT2D eigenvalue weighted by molar-refractivity contribution is -0.123. The standard InChI is InChI=1S/C14H21N3O2S/c1-9(14(18)16-2)8-17(3)12-7-10(19-4)5-6-11(12)13(15)20/h5-7,9H,8H2,1-4H3,(H2,15,20)(H,16,18). The number of amides is 1. The van der Waals surface area contributed by atoms with Crippen molar-refractivity contribution in [3.05, 3.63) is 23.8 Å². The Morgan fingerprint density at radius 2 is 2.20 bits per heavy atom. The second kappa shape index (κ2) is 7.09. The van der Waals surface area contributed by atoms with Gasteiger partial charge in [0, 0.05) is 32.3 Å². The van der Waals surface area contributed by atoms with E-state index in [2.05, 4.69) is 5.32 Å². The second-order valence-electron chi connectivity index (χ2n) is 4.64. The lowest BCUT2D eigenvalue weighted by Crippen LogP contribution is -2.35. The number of nitrogens with one attached hydrogen (secondary N) is 1. The van der Waals surface area contributed by atoms with Crippen LogP contribution in [0.3, 0.4) is 0 Å². The monoisotopic (exact) mass is 295 g/mol. The first kappa shape index (κ1) is 16.2. The third-order valence-electron chi connectivity index (χ3n) is 3.12. The highest BCUT2D eigenvalue weighted by molar-refractivity contribution is 7.80. The predicted octanol–water partition coefficient (Wildman–Crippen LogP) is 1.15. The van der Waals surface area contributed by atoms with E-state index in [0.29, 0.717) is 11.5 Å². The molecule has 1 unspecified atom stereocenters. The number of anilines is 1. The zero-order valence-corrected chi connectivity index (χ0v) is 13.1. The Labute approximate surface area is 125 Å². The molecule has 6 heteroatoms. The summed E-state index contributed by atoms with van der Waals surface area (Å²) in [6, 6.07) is 5.51. The molecule has 0 bridgehead atoms. The fraction of sp³-hybridized carbons (Fsp3) is 0.429. The van der Waals surface area contributed by atoms with Crippen LogP contribution in [0, 0.1) is 5.92 Å². The number of methoxy groups -OCH3 is 1. The van der Waals surface area contributed by atoms with Gasteiger partial charge in [-0.1, -0.05) is 19.1 Å². The van der Waals surface area contributed by atoms with Gasteiger partial charge in [-0.2, -0.15) is 0 Å². The summed E-state index contributed by atoms with van der Waals surface area (Å²) in [6.45, 7) is 2.43. The van der Waals surface area contributed by atoms with Gasteiger partial charge in [-0.05, 0) is 12.1 Å². The smallest absolute Gasteiger partial charge is 0.224 e. The Morgan fingerprint density at radius 1 is 1.55 bits per heavy atom. The van der Waals surface area contributed by atoms with E-state index in [1.807, 2.05) is 37.1 Å². The largest absolute Gasteiger partial charge is 0.497 e. The van der Waals surface area contributed by atoms with Crippen molar-refractivity contribution in [2.45, 2.75) is 6.92 Å². The summed E-state index contributed by atoms with van der Waals surface area (Å²) in [7, 11) is 5.13. The molecule has 0 spiro atoms. The molecule has 0 fully saturated rings. The molecule has 0 aromatic heterocycles. The summed E-state index contributed by atoms with van der Waals surface area (Å²) in [5.41, 5.74) is 7.37. The number of nitrogens with two attached hydrogens (primary N) is 1. The number of hydrogen-bond acceptors (Lipinski definition) is 4. The fourth-order valence-electron chi connectivity index (χ4n) is 2.00. The number of rotatable bonds is 6. The van der Waals surface area contributed by atoms with Crippen LogP contribution in [0.1, 0.15) is 12.5 Å². The van der Waals surface area contributed by atoms with E-state index in [1.165, 1.54) is 0 Å². The minimum atomic E-state index is -0.143. The lowest BCUT2D eigenvalue weighted by Gasteiger charge is -2.25. The van der Waals surface area contributed by atoms with Gasteiger partial charge in [-0.15, -0.1) is 0 Å². The fourth-order valence-corrected chi connectivity index (χ4v) is 2.17. The summed E-state index contributed by atoms with van der Waals surface area (Å²) in [6.07, 6.45) is 0. The number of benzene rings is 1. The van der Waals surface area contributed by atoms with Gasteiger partial charge < -0.3 is 20.7 Å². The molecule has 0 saturated heterocycles. The van der Waals surface area contributed by atoms with Crippen LogP contribution >= 0.6 is 12.2 Å². The summed E-state index contributed by atoms with van der Waals surface area (Å²) >= 11 is 5.07. The first-order chi connectivity index (χ1) is 9.40. The molecule has 1 rings (SSSR count). The first-order valence-corrected chi connectivity index (χ1v) is 6.72. The normalized spacial score (nSPS) is 11.6. The number of nitrogens with zero attached hydrogens (tertiary/aromatic N) is 1. The van der Waals surface area contributed by atoms with E-state index in [-0.39, 0.29) is 11.8 Å². The van der Waals surface area contributed by atoms with Crippen LogP contribution in [0.5, 0.6) is 5.75 Å². The molecule has 1 aromatic carbocycles. The van der Waals surface area contributed by atoms with Crippen LogP contribution in [0.15, 0.2) is 18.2 Å². The maximum Gasteiger partial charge on any atom is 0.224 e. The van der Waals surface area contributed by atoms with Crippen molar-refractivity contribution in [2.75, 3.05) is 32.6 Å². The number of ether oxygens (including phenoxy) is 1. The summed E-state index contributed by atoms with van der Waals surface area (Å²) in [5.74, 6) is 0.575. The quantitative estimate of drug-likeness (QED) is 0.771. The molecule has 3 N–H and O–H groups in total. The van der Waals surface area contributed by atoms with Crippen molar-refractivity contribution >= 4 is 28.8 Å². The zero-order valence-electron chi connectivity index (χ0n) is 12.3. The van der Waals surface area contributed by atoms with Crippen LogP contribution < -0.4 is 20.7 Å². The number of carbonyl (C=O) groups excluding carboxylic acids is 1. The molecule has 20 heavy (non-hydrogen) atoms. The highest BCUT2D eigenvalue weighted by Gasteiger charge is 2.17. The second-order valence-corrected chi connectivity index (χ2v) is 5.08. The van der Waals surface area contributed by atoms with E-state index in [0.717, 1.165) is 17.0 Å². The van der Waals surface area contributed by atoms with Gasteiger partial charge in [-0.3, -0.25) is 4.79 Å². The summed E-state index contributed by atoms with van der Waals surface area (Å²) < 4.78 is 5.22. The molecular weight excluding hydrogens is 274 g/mol. The van der Waals surface area contributed by atoms with Crippen molar-refractivity contribution < 1.29 is 9.53 Å². The van der Waals surface area contributed by atoms with Crippen LogP contribution in [-0.2, 0) is 4.79 Å². The van der Waals surface area contributed by atoms with Gasteiger partial charge in [0.1, 0.15) is 10.7 Å². The average molecular weight is 295 g/mol. The molecule has 0 heterocycles. The SMILES string of the molecule is CNC(=O)C(C)CN(C)c1cc(OC)ccc1C(N)=S. The van der Waals surface area contributed by atoms with Crippen molar-refractivity contribution in [3.63, 3.8) is 0 Å². The summed E-state index contributed by atoms with van der Waals surface area (Å²) in [4.78, 5) is 13.9. The van der Waals surface area contributed by atoms with E-state index < -0.39 is 0 Å². The molecule has 1 aromatic rings. The highest BCUT2D eigenvalue weighted by Crippen LogP contribution is 2.26. The van der Waals surface area contributed by atoms with Crippen LogP contribution in [-0.4, -0.2) is 38.6 Å². The van der Waals surface area contributed by atoms with Gasteiger partial charge in [0.2, 0.25) is 5.91 Å². The van der Waals surface area contributed by atoms with Crippen molar-refractivity contribution in [1.29, 1.82) is 0 Å². The van der Waals surface area contributed by atoms with Crippen molar-refractivity contribution in [2.24, 2.45) is 11.7 Å². The minimum Gasteiger partial charge on any atom is -0.497 e. The Morgan fingerprint density at radius 3 is 2.70 bits per heavy atom. The number of hydrogen-bond donors (Lipinski definition) is 2. The maximum atomic E-state index is 11.6. The topological polar surface area (TPSA) is 67.6 Å². The number of thiocarbonyl (C=S) groups is 1. The Kier molecular flexibility index (Phi) is 5.76. The van der Waals surface area contributed by atoms with Gasteiger partial charge in [0.05, 0.1) is 18.7 Å². The first-order valence-electron chi connectivity index (χ1n) is 6.31. The van der Waals surface area contributed by atoms with Gasteiger partial charge >= 0.3 is 0 Å². The number of carbonyl (C=O) groups is 1. The minimum absolute atomic E-state index is 0.00313. The van der Waals surface area contributed by atoms with Crippen LogP contribution in [0.4, 0.5) is 5.69 Å². The molecule has 1 atom stereocenters. The average Bonchev–Trinajstić information content (AvgIpc) is 2.45. The van der Waals surface area contributed by atoms with Crippen molar-refractivity contribution in [1.82, 2.24) is 5.32 Å². The van der Waals surface area contributed by atoms with Crippen LogP contribution in [0.2, 0.25) is 0 Å². The maximum absolute atomic E-state index is 11.6. The molecule has 110 valence electrons. The van der Waals surface area contributed by atoms with Gasteiger partial charge in [0.25, 0.3) is 0 Å². The lowest BCUT2D eigenvalue weighted by atomic mass is 10.1. The van der Waals surface area contributed by atoms with E-state index in [4.69, 9.17) is 22.7 Å². The van der Waals surface area contributed by atoms with Gasteiger partial charge in [-0.25, -0.2) is 0 Å². The third-order valence-corrected chi connectivity index (χ3v) is 3.34. The summed E-state index contributed by atoms with van der Waals surface area (Å²) in [5, 5.41) is 2.64. The molecule has 0 saturated carbocycles. The molecule has 0 aliphatic carbocycles. The van der Waals surface area contributed by atoms with Crippen molar-refractivity contribution in [3.8, 4) is 5.75 Å². The molecule has 1 amide bonds. The Hall–Kier alpha value is -1.82. The molecule has 0 aliphatic rings. The third kappa shape index (κ3) is 3.84. The zero-order chi connectivity index (χ0) is 15.3. The van der Waals surface area contributed by atoms with Crippen LogP contribution in [0.25, 0.3) is 0 Å². The Balaban J connectivity index is 3.03. The van der Waals surface area contributed by atoms with Gasteiger partial charge in [0.15, 0.2) is 0 Å². The predicted molar refractivity (Wildman–Crippen MR) is 85.4 cm³/mol. The van der Waals surface area contributed by atoms with E-state index >= 15 is 0 Å². The van der Waals surface area contributed by atoms with E-state index in [9.17, 15) is 4.79 Å². The highest BCUT2D eigenvalue weighted by atomic mass is 32.1.